The summed E-state index contributed by atoms with van der Waals surface area (Å²) >= 11 is 0. The van der Waals surface area contributed by atoms with E-state index in [2.05, 4.69) is 4.90 Å². The number of carbonyl (C=O) groups is 2. The van der Waals surface area contributed by atoms with Gasteiger partial charge in [0.05, 0.1) is 26.4 Å². The maximum absolute atomic E-state index is 13.1. The molecule has 10 nitrogen and oxygen atoms in total. The average Bonchev–Trinajstić information content (AvgIpc) is 3.28. The van der Waals surface area contributed by atoms with Crippen molar-refractivity contribution < 1.29 is 38.7 Å². The van der Waals surface area contributed by atoms with Crippen molar-refractivity contribution in [3.8, 4) is 11.5 Å². The van der Waals surface area contributed by atoms with Gasteiger partial charge in [-0.1, -0.05) is 158 Å². The van der Waals surface area contributed by atoms with Crippen LogP contribution in [0.15, 0.2) is 170 Å². The number of hydrogen-bond acceptors (Lipinski definition) is 8. The fourth-order valence-corrected chi connectivity index (χ4v) is 6.85. The molecule has 0 spiro atoms. The van der Waals surface area contributed by atoms with Crippen LogP contribution in [0.25, 0.3) is 0 Å². The van der Waals surface area contributed by atoms with Gasteiger partial charge in [0.2, 0.25) is 0 Å². The molecule has 60 heavy (non-hydrogen) atoms. The number of ether oxygens (including phenoxy) is 4. The molecular weight excluding hydrogens is 757 g/mol. The molecule has 0 fully saturated rings. The Hall–Kier alpha value is -6.30. The molecule has 10 heteroatoms. The largest absolute Gasteiger partial charge is 0.489 e. The van der Waals surface area contributed by atoms with Crippen molar-refractivity contribution in [1.29, 1.82) is 0 Å². The summed E-state index contributed by atoms with van der Waals surface area (Å²) < 4.78 is 24.7. The number of aliphatic carboxylic acids is 2. The van der Waals surface area contributed by atoms with Crippen LogP contribution >= 0.6 is 0 Å². The molecule has 0 aromatic heterocycles. The van der Waals surface area contributed by atoms with Gasteiger partial charge in [0.15, 0.2) is 0 Å². The minimum absolute atomic E-state index is 0.0669. The van der Waals surface area contributed by atoms with Gasteiger partial charge in [-0.15, -0.1) is 0 Å². The van der Waals surface area contributed by atoms with Crippen molar-refractivity contribution in [3.05, 3.63) is 203 Å². The number of carboxylic acid groups (broad SMARTS) is 2. The Morgan fingerprint density at radius 2 is 0.767 bits per heavy atom. The first-order valence-corrected chi connectivity index (χ1v) is 20.1. The third-order valence-electron chi connectivity index (χ3n) is 10.0. The molecule has 2 unspecified atom stereocenters. The van der Waals surface area contributed by atoms with Gasteiger partial charge in [-0.05, 0) is 34.4 Å². The molecule has 0 aliphatic rings. The first kappa shape index (κ1) is 43.3. The fourth-order valence-electron chi connectivity index (χ4n) is 6.85. The molecule has 0 saturated heterocycles. The highest BCUT2D eigenvalue weighted by molar-refractivity contribution is 5.77. The quantitative estimate of drug-likeness (QED) is 0.0583. The molecule has 0 amide bonds. The number of nitrogens with zero attached hydrogens (tertiary/aromatic N) is 2. The molecule has 0 heterocycles. The van der Waals surface area contributed by atoms with E-state index in [0.29, 0.717) is 37.8 Å². The zero-order valence-electron chi connectivity index (χ0n) is 33.6. The van der Waals surface area contributed by atoms with Gasteiger partial charge in [-0.25, -0.2) is 0 Å². The second-order valence-electron chi connectivity index (χ2n) is 14.4. The van der Waals surface area contributed by atoms with E-state index < -0.39 is 24.0 Å². The summed E-state index contributed by atoms with van der Waals surface area (Å²) in [7, 11) is 0. The highest BCUT2D eigenvalue weighted by Gasteiger charge is 2.36. The maximum atomic E-state index is 13.1. The summed E-state index contributed by atoms with van der Waals surface area (Å²) in [6.07, 6.45) is 0. The van der Waals surface area contributed by atoms with Gasteiger partial charge < -0.3 is 29.2 Å². The van der Waals surface area contributed by atoms with Crippen LogP contribution in [0, 0.1) is 0 Å². The molecule has 0 saturated carbocycles. The summed E-state index contributed by atoms with van der Waals surface area (Å²) in [6.45, 7) is 1.81. The zero-order chi connectivity index (χ0) is 41.8. The van der Waals surface area contributed by atoms with E-state index in [9.17, 15) is 19.8 Å². The van der Waals surface area contributed by atoms with Crippen molar-refractivity contribution in [2.75, 3.05) is 26.3 Å². The summed E-state index contributed by atoms with van der Waals surface area (Å²) in [5.41, 5.74) is 5.66. The minimum atomic E-state index is -1.29. The molecule has 310 valence electrons. The standard InChI is InChI=1S/C50H52N2O8/c53-49(54)45(37-57-33-39-17-5-1-6-18-39)52(46(50(55)56)38-58-34-40-19-7-2-8-20-40)30-29-51(31-43-25-13-15-27-47(43)59-35-41-21-9-3-10-22-41)32-44-26-14-16-28-48(44)60-36-42-23-11-4-12-24-42/h1-28,45-46H,29-38H2,(H,53,54)(H,55,56). The fraction of sp³-hybridized carbons (Fsp3) is 0.240. The lowest BCUT2D eigenvalue weighted by atomic mass is 10.1. The predicted molar refractivity (Wildman–Crippen MR) is 230 cm³/mol. The van der Waals surface area contributed by atoms with Crippen LogP contribution < -0.4 is 9.47 Å². The molecule has 0 radical (unpaired) electrons. The van der Waals surface area contributed by atoms with Crippen LogP contribution in [0.2, 0.25) is 0 Å². The van der Waals surface area contributed by atoms with Crippen molar-refractivity contribution in [1.82, 2.24) is 9.80 Å². The Bertz CT molecular complexity index is 2020. The van der Waals surface area contributed by atoms with Crippen LogP contribution in [-0.2, 0) is 58.6 Å². The lowest BCUT2D eigenvalue weighted by molar-refractivity contribution is -0.156. The maximum Gasteiger partial charge on any atom is 0.323 e. The monoisotopic (exact) mass is 808 g/mol. The highest BCUT2D eigenvalue weighted by atomic mass is 16.5. The van der Waals surface area contributed by atoms with Crippen LogP contribution in [0.1, 0.15) is 33.4 Å². The second kappa shape index (κ2) is 23.3. The van der Waals surface area contributed by atoms with E-state index in [0.717, 1.165) is 33.4 Å². The lowest BCUT2D eigenvalue weighted by Crippen LogP contribution is -2.56. The second-order valence-corrected chi connectivity index (χ2v) is 14.4. The Labute approximate surface area is 352 Å². The van der Waals surface area contributed by atoms with E-state index in [4.69, 9.17) is 18.9 Å². The van der Waals surface area contributed by atoms with E-state index in [-0.39, 0.29) is 39.5 Å². The third kappa shape index (κ3) is 13.6. The average molecular weight is 809 g/mol. The summed E-state index contributed by atoms with van der Waals surface area (Å²) in [6, 6.07) is 51.9. The van der Waals surface area contributed by atoms with E-state index in [1.54, 1.807) is 0 Å². The van der Waals surface area contributed by atoms with Gasteiger partial charge in [0, 0.05) is 37.3 Å². The lowest BCUT2D eigenvalue weighted by Gasteiger charge is -2.35. The van der Waals surface area contributed by atoms with Gasteiger partial charge in [0.25, 0.3) is 0 Å². The zero-order valence-corrected chi connectivity index (χ0v) is 33.6. The van der Waals surface area contributed by atoms with Gasteiger partial charge in [-0.3, -0.25) is 19.4 Å². The van der Waals surface area contributed by atoms with Crippen LogP contribution in [0.3, 0.4) is 0 Å². The van der Waals surface area contributed by atoms with Crippen LogP contribution in [0.4, 0.5) is 0 Å². The Balaban J connectivity index is 1.28. The van der Waals surface area contributed by atoms with E-state index >= 15 is 0 Å². The first-order valence-electron chi connectivity index (χ1n) is 20.1. The molecule has 2 N–H and O–H groups in total. The third-order valence-corrected chi connectivity index (χ3v) is 10.0. The molecule has 6 aromatic rings. The number of rotatable bonds is 25. The molecule has 6 rings (SSSR count). The van der Waals surface area contributed by atoms with Gasteiger partial charge in [0.1, 0.15) is 36.8 Å². The van der Waals surface area contributed by atoms with Crippen molar-refractivity contribution in [2.24, 2.45) is 0 Å². The van der Waals surface area contributed by atoms with E-state index in [1.807, 2.05) is 170 Å². The number of carboxylic acids is 2. The molecule has 0 aliphatic carbocycles. The van der Waals surface area contributed by atoms with Crippen LogP contribution in [-0.4, -0.2) is 70.3 Å². The van der Waals surface area contributed by atoms with Crippen LogP contribution in [0.5, 0.6) is 11.5 Å². The Morgan fingerprint density at radius 3 is 1.13 bits per heavy atom. The Morgan fingerprint density at radius 1 is 0.433 bits per heavy atom. The minimum Gasteiger partial charge on any atom is -0.489 e. The molecule has 0 bridgehead atoms. The number of hydrogen-bond donors (Lipinski definition) is 2. The Kier molecular flexibility index (Phi) is 16.8. The molecule has 2 atom stereocenters. The predicted octanol–water partition coefficient (Wildman–Crippen LogP) is 8.49. The summed E-state index contributed by atoms with van der Waals surface area (Å²) in [5.74, 6) is -0.953. The van der Waals surface area contributed by atoms with Crippen molar-refractivity contribution in [2.45, 2.75) is 51.6 Å². The van der Waals surface area contributed by atoms with Crippen molar-refractivity contribution in [3.63, 3.8) is 0 Å². The van der Waals surface area contributed by atoms with Crippen molar-refractivity contribution >= 4 is 11.9 Å². The highest BCUT2D eigenvalue weighted by Crippen LogP contribution is 2.26. The van der Waals surface area contributed by atoms with Gasteiger partial charge >= 0.3 is 11.9 Å². The van der Waals surface area contributed by atoms with E-state index in [1.165, 1.54) is 4.90 Å². The number of para-hydroxylation sites is 2. The smallest absolute Gasteiger partial charge is 0.323 e. The first-order chi connectivity index (χ1) is 29.4. The molecule has 6 aromatic carbocycles. The topological polar surface area (TPSA) is 118 Å². The molecule has 0 aliphatic heterocycles. The summed E-state index contributed by atoms with van der Waals surface area (Å²) in [4.78, 5) is 29.8. The van der Waals surface area contributed by atoms with Gasteiger partial charge in [-0.2, -0.15) is 0 Å². The normalized spacial score (nSPS) is 12.2. The summed E-state index contributed by atoms with van der Waals surface area (Å²) in [5, 5.41) is 21.4. The molecular formula is C50H52N2O8. The SMILES string of the molecule is O=C(O)C(COCc1ccccc1)N(CCN(Cc1ccccc1OCc1ccccc1)Cc1ccccc1OCc1ccccc1)C(COCc1ccccc1)C(=O)O. The number of benzene rings is 6.